The molecule has 2 fully saturated rings. The molecule has 0 saturated heterocycles. The zero-order valence-corrected chi connectivity index (χ0v) is 9.39. The predicted octanol–water partition coefficient (Wildman–Crippen LogP) is 3.26. The van der Waals surface area contributed by atoms with Gasteiger partial charge in [-0.15, -0.1) is 6.58 Å². The highest BCUT2D eigenvalue weighted by Crippen LogP contribution is 2.50. The third kappa shape index (κ3) is 1.75. The van der Waals surface area contributed by atoms with Crippen molar-refractivity contribution in [2.24, 2.45) is 5.41 Å². The van der Waals surface area contributed by atoms with Crippen LogP contribution < -0.4 is 5.32 Å². The van der Waals surface area contributed by atoms with Crippen molar-refractivity contribution in [1.82, 2.24) is 5.32 Å². The van der Waals surface area contributed by atoms with Crippen molar-refractivity contribution in [3.63, 3.8) is 0 Å². The summed E-state index contributed by atoms with van der Waals surface area (Å²) in [4.78, 5) is 0. The second-order valence-corrected chi connectivity index (χ2v) is 5.21. The van der Waals surface area contributed by atoms with E-state index in [-0.39, 0.29) is 0 Å². The molecule has 2 rings (SSSR count). The maximum Gasteiger partial charge on any atom is 0.0221 e. The van der Waals surface area contributed by atoms with Crippen LogP contribution in [-0.2, 0) is 0 Å². The molecule has 1 nitrogen and oxygen atoms in total. The van der Waals surface area contributed by atoms with Crippen LogP contribution in [0.1, 0.15) is 51.9 Å². The van der Waals surface area contributed by atoms with Gasteiger partial charge in [0.2, 0.25) is 0 Å². The Morgan fingerprint density at radius 2 is 1.93 bits per heavy atom. The van der Waals surface area contributed by atoms with E-state index in [4.69, 9.17) is 0 Å². The van der Waals surface area contributed by atoms with Crippen molar-refractivity contribution in [2.75, 3.05) is 0 Å². The maximum atomic E-state index is 3.86. The lowest BCUT2D eigenvalue weighted by Gasteiger charge is -2.33. The molecule has 0 aliphatic heterocycles. The molecule has 80 valence electrons. The molecule has 2 aliphatic carbocycles. The number of hydrogen-bond donors (Lipinski definition) is 1. The van der Waals surface area contributed by atoms with E-state index in [1.165, 1.54) is 44.9 Å². The summed E-state index contributed by atoms with van der Waals surface area (Å²) >= 11 is 0. The summed E-state index contributed by atoms with van der Waals surface area (Å²) in [6, 6.07) is 1.26. The molecule has 0 heterocycles. The van der Waals surface area contributed by atoms with Gasteiger partial charge >= 0.3 is 0 Å². The van der Waals surface area contributed by atoms with Crippen LogP contribution in [0.4, 0.5) is 0 Å². The van der Waals surface area contributed by atoms with E-state index in [0.717, 1.165) is 6.04 Å². The molecule has 1 spiro atoms. The topological polar surface area (TPSA) is 12.0 Å². The Morgan fingerprint density at radius 3 is 2.57 bits per heavy atom. The van der Waals surface area contributed by atoms with Gasteiger partial charge in [-0.2, -0.15) is 0 Å². The summed E-state index contributed by atoms with van der Waals surface area (Å²) in [6.07, 6.45) is 12.2. The number of rotatable bonds is 3. The van der Waals surface area contributed by atoms with Crippen molar-refractivity contribution >= 4 is 0 Å². The molecule has 2 unspecified atom stereocenters. The Bertz CT molecular complexity index is 198. The molecular weight excluding hydrogens is 170 g/mol. The lowest BCUT2D eigenvalue weighted by Crippen LogP contribution is -2.43. The normalized spacial score (nSPS) is 32.2. The van der Waals surface area contributed by atoms with Gasteiger partial charge in [-0.3, -0.25) is 0 Å². The highest BCUT2D eigenvalue weighted by Gasteiger charge is 2.44. The Hall–Kier alpha value is -0.300. The third-order valence-corrected chi connectivity index (χ3v) is 4.32. The zero-order valence-electron chi connectivity index (χ0n) is 9.39. The second kappa shape index (κ2) is 4.06. The first-order valence-corrected chi connectivity index (χ1v) is 6.15. The van der Waals surface area contributed by atoms with Crippen molar-refractivity contribution in [3.8, 4) is 0 Å². The fraction of sp³-hybridized carbons (Fsp3) is 0.846. The molecule has 0 aromatic heterocycles. The molecule has 2 atom stereocenters. The molecule has 2 saturated carbocycles. The minimum atomic E-state index is 0.482. The summed E-state index contributed by atoms with van der Waals surface area (Å²) in [5.41, 5.74) is 0.678. The fourth-order valence-corrected chi connectivity index (χ4v) is 3.46. The largest absolute Gasteiger partial charge is 0.308 e. The first kappa shape index (κ1) is 10.2. The SMILES string of the molecule is C=CC(C)NC1CCCC12CCCC2. The minimum absolute atomic E-state index is 0.482. The molecular formula is C13H23N. The summed E-state index contributed by atoms with van der Waals surface area (Å²) in [6.45, 7) is 6.07. The Morgan fingerprint density at radius 1 is 1.29 bits per heavy atom. The summed E-state index contributed by atoms with van der Waals surface area (Å²) in [5.74, 6) is 0. The van der Waals surface area contributed by atoms with Gasteiger partial charge in [-0.05, 0) is 38.0 Å². The van der Waals surface area contributed by atoms with E-state index < -0.39 is 0 Å². The lowest BCUT2D eigenvalue weighted by molar-refractivity contribution is 0.226. The second-order valence-electron chi connectivity index (χ2n) is 5.21. The van der Waals surface area contributed by atoms with Gasteiger partial charge in [0.05, 0.1) is 0 Å². The van der Waals surface area contributed by atoms with E-state index in [1.54, 1.807) is 0 Å². The maximum absolute atomic E-state index is 3.86. The van der Waals surface area contributed by atoms with Gasteiger partial charge in [0.25, 0.3) is 0 Å². The standard InChI is InChI=1S/C13H23N/c1-3-11(2)14-12-7-6-10-13(12)8-4-5-9-13/h3,11-12,14H,1,4-10H2,2H3. The zero-order chi connectivity index (χ0) is 10.0. The van der Waals surface area contributed by atoms with Gasteiger partial charge in [0, 0.05) is 12.1 Å². The first-order chi connectivity index (χ1) is 6.77. The van der Waals surface area contributed by atoms with Crippen LogP contribution in [0.2, 0.25) is 0 Å². The molecule has 0 radical (unpaired) electrons. The smallest absolute Gasteiger partial charge is 0.0221 e. The van der Waals surface area contributed by atoms with Gasteiger partial charge in [0.1, 0.15) is 0 Å². The molecule has 0 amide bonds. The third-order valence-electron chi connectivity index (χ3n) is 4.32. The van der Waals surface area contributed by atoms with Crippen LogP contribution >= 0.6 is 0 Å². The molecule has 0 bridgehead atoms. The van der Waals surface area contributed by atoms with Crippen LogP contribution in [-0.4, -0.2) is 12.1 Å². The average Bonchev–Trinajstić information content (AvgIpc) is 2.79. The van der Waals surface area contributed by atoms with Gasteiger partial charge in [0.15, 0.2) is 0 Å². The molecule has 2 aliphatic rings. The molecule has 0 aromatic rings. The Labute approximate surface area is 88.0 Å². The van der Waals surface area contributed by atoms with Gasteiger partial charge in [-0.25, -0.2) is 0 Å². The van der Waals surface area contributed by atoms with Gasteiger partial charge in [-0.1, -0.05) is 25.3 Å². The van der Waals surface area contributed by atoms with Crippen molar-refractivity contribution in [1.29, 1.82) is 0 Å². The highest BCUT2D eigenvalue weighted by molar-refractivity contribution is 5.01. The van der Waals surface area contributed by atoms with E-state index in [0.29, 0.717) is 11.5 Å². The highest BCUT2D eigenvalue weighted by atomic mass is 15.0. The van der Waals surface area contributed by atoms with Crippen LogP contribution in [0.3, 0.4) is 0 Å². The summed E-state index contributed by atoms with van der Waals surface area (Å²) in [7, 11) is 0. The van der Waals surface area contributed by atoms with Crippen molar-refractivity contribution < 1.29 is 0 Å². The lowest BCUT2D eigenvalue weighted by atomic mass is 9.80. The molecule has 0 aromatic carbocycles. The van der Waals surface area contributed by atoms with E-state index in [1.807, 2.05) is 6.08 Å². The molecule has 1 heteroatoms. The van der Waals surface area contributed by atoms with E-state index in [9.17, 15) is 0 Å². The minimum Gasteiger partial charge on any atom is -0.308 e. The van der Waals surface area contributed by atoms with Crippen molar-refractivity contribution in [2.45, 2.75) is 64.0 Å². The summed E-state index contributed by atoms with van der Waals surface area (Å²) in [5, 5.41) is 3.74. The van der Waals surface area contributed by atoms with Gasteiger partial charge < -0.3 is 5.32 Å². The monoisotopic (exact) mass is 193 g/mol. The van der Waals surface area contributed by atoms with Crippen LogP contribution in [0, 0.1) is 5.41 Å². The van der Waals surface area contributed by atoms with E-state index >= 15 is 0 Å². The van der Waals surface area contributed by atoms with Crippen LogP contribution in [0.5, 0.6) is 0 Å². The number of hydrogen-bond acceptors (Lipinski definition) is 1. The van der Waals surface area contributed by atoms with Crippen molar-refractivity contribution in [3.05, 3.63) is 12.7 Å². The predicted molar refractivity (Wildman–Crippen MR) is 61.3 cm³/mol. The first-order valence-electron chi connectivity index (χ1n) is 6.15. The molecule has 1 N–H and O–H groups in total. The quantitative estimate of drug-likeness (QED) is 0.678. The van der Waals surface area contributed by atoms with Crippen LogP contribution in [0.25, 0.3) is 0 Å². The Kier molecular flexibility index (Phi) is 2.96. The fourth-order valence-electron chi connectivity index (χ4n) is 3.46. The average molecular weight is 193 g/mol. The Balaban J connectivity index is 1.99. The number of nitrogens with one attached hydrogen (secondary N) is 1. The van der Waals surface area contributed by atoms with E-state index in [2.05, 4.69) is 18.8 Å². The summed E-state index contributed by atoms with van der Waals surface area (Å²) < 4.78 is 0. The molecule has 14 heavy (non-hydrogen) atoms. The van der Waals surface area contributed by atoms with Crippen LogP contribution in [0.15, 0.2) is 12.7 Å².